The molecule has 0 saturated heterocycles. The van der Waals surface area contributed by atoms with Gasteiger partial charge in [-0.3, -0.25) is 9.79 Å². The monoisotopic (exact) mass is 183 g/mol. The van der Waals surface area contributed by atoms with E-state index in [0.717, 1.165) is 0 Å². The first-order valence-electron chi connectivity index (χ1n) is 2.77. The maximum absolute atomic E-state index is 11.8. The van der Waals surface area contributed by atoms with E-state index in [1.165, 1.54) is 6.92 Å². The van der Waals surface area contributed by atoms with E-state index in [0.29, 0.717) is 11.8 Å². The molecule has 0 N–H and O–H groups in total. The van der Waals surface area contributed by atoms with Crippen LogP contribution in [0.2, 0.25) is 0 Å². The summed E-state index contributed by atoms with van der Waals surface area (Å²) in [6.45, 7) is 1.45. The van der Waals surface area contributed by atoms with Gasteiger partial charge < -0.3 is 0 Å². The molecule has 1 aliphatic rings. The first-order chi connectivity index (χ1) is 4.91. The van der Waals surface area contributed by atoms with Gasteiger partial charge in [0.1, 0.15) is 5.37 Å². The summed E-state index contributed by atoms with van der Waals surface area (Å²) < 4.78 is 35.5. The minimum Gasteiger partial charge on any atom is -0.280 e. The standard InChI is InChI=1S/C5H4F3NOS/c1-2-9-3(4(10)11-2)5(6,7)8/h2H,1H3. The third kappa shape index (κ3) is 1.74. The molecule has 2 nitrogen and oxygen atoms in total. The number of rotatable bonds is 0. The fourth-order valence-electron chi connectivity index (χ4n) is 0.661. The molecule has 1 heterocycles. The molecule has 0 bridgehead atoms. The van der Waals surface area contributed by atoms with E-state index in [-0.39, 0.29) is 0 Å². The van der Waals surface area contributed by atoms with Gasteiger partial charge in [-0.15, -0.1) is 0 Å². The Balaban J connectivity index is 2.88. The van der Waals surface area contributed by atoms with E-state index in [1.807, 2.05) is 0 Å². The Kier molecular flexibility index (Phi) is 1.96. The normalized spacial score (nSPS) is 25.6. The van der Waals surface area contributed by atoms with E-state index in [9.17, 15) is 18.0 Å². The molecule has 0 aromatic heterocycles. The minimum absolute atomic E-state index is 0.593. The Morgan fingerprint density at radius 2 is 2.09 bits per heavy atom. The van der Waals surface area contributed by atoms with Gasteiger partial charge in [-0.2, -0.15) is 13.2 Å². The van der Waals surface area contributed by atoms with Crippen molar-refractivity contribution >= 4 is 22.6 Å². The highest BCUT2D eigenvalue weighted by Crippen LogP contribution is 2.30. The van der Waals surface area contributed by atoms with Crippen molar-refractivity contribution in [2.45, 2.75) is 18.5 Å². The zero-order valence-electron chi connectivity index (χ0n) is 5.47. The smallest absolute Gasteiger partial charge is 0.280 e. The molecule has 62 valence electrons. The molecule has 1 unspecified atom stereocenters. The van der Waals surface area contributed by atoms with Gasteiger partial charge in [0, 0.05) is 0 Å². The second kappa shape index (κ2) is 2.51. The Labute approximate surface area is 64.9 Å². The Bertz CT molecular complexity index is 222. The van der Waals surface area contributed by atoms with E-state index in [1.54, 1.807) is 0 Å². The second-order valence-corrected chi connectivity index (χ2v) is 3.27. The molecule has 6 heteroatoms. The predicted octanol–water partition coefficient (Wildman–Crippen LogP) is 1.61. The number of carbonyl (C=O) groups is 1. The van der Waals surface area contributed by atoms with Crippen LogP contribution in [0, 0.1) is 0 Å². The molecule has 11 heavy (non-hydrogen) atoms. The van der Waals surface area contributed by atoms with E-state index < -0.39 is 22.4 Å². The van der Waals surface area contributed by atoms with Crippen molar-refractivity contribution < 1.29 is 18.0 Å². The van der Waals surface area contributed by atoms with Gasteiger partial charge in [0.2, 0.25) is 5.12 Å². The van der Waals surface area contributed by atoms with Crippen LogP contribution >= 0.6 is 11.8 Å². The summed E-state index contributed by atoms with van der Waals surface area (Å²) in [6, 6.07) is 0. The maximum Gasteiger partial charge on any atom is 0.437 e. The Morgan fingerprint density at radius 3 is 2.27 bits per heavy atom. The van der Waals surface area contributed by atoms with Crippen molar-refractivity contribution in [1.29, 1.82) is 0 Å². The lowest BCUT2D eigenvalue weighted by molar-refractivity contribution is -0.109. The molecular formula is C5H4F3NOS. The molecule has 1 aliphatic heterocycles. The van der Waals surface area contributed by atoms with Crippen LogP contribution in [0.25, 0.3) is 0 Å². The van der Waals surface area contributed by atoms with Crippen LogP contribution in [0.15, 0.2) is 4.99 Å². The van der Waals surface area contributed by atoms with Crippen LogP contribution in [0.3, 0.4) is 0 Å². The summed E-state index contributed by atoms with van der Waals surface area (Å²) in [7, 11) is 0. The van der Waals surface area contributed by atoms with Gasteiger partial charge in [-0.05, 0) is 6.92 Å². The molecule has 1 atom stereocenters. The number of thioether (sulfide) groups is 1. The van der Waals surface area contributed by atoms with Gasteiger partial charge in [0.25, 0.3) is 0 Å². The third-order valence-corrected chi connectivity index (χ3v) is 1.90. The topological polar surface area (TPSA) is 29.4 Å². The zero-order chi connectivity index (χ0) is 8.65. The van der Waals surface area contributed by atoms with Gasteiger partial charge in [0.15, 0.2) is 5.71 Å². The summed E-state index contributed by atoms with van der Waals surface area (Å²) >= 11 is 0.593. The summed E-state index contributed by atoms with van der Waals surface area (Å²) in [5.41, 5.74) is -1.27. The quantitative estimate of drug-likeness (QED) is 0.571. The van der Waals surface area contributed by atoms with Crippen molar-refractivity contribution in [1.82, 2.24) is 0 Å². The molecule has 1 rings (SSSR count). The lowest BCUT2D eigenvalue weighted by Crippen LogP contribution is -2.26. The fraction of sp³-hybridized carbons (Fsp3) is 0.600. The molecule has 0 fully saturated rings. The molecule has 0 amide bonds. The number of alkyl halides is 3. The predicted molar refractivity (Wildman–Crippen MR) is 35.6 cm³/mol. The molecule has 0 aromatic carbocycles. The zero-order valence-corrected chi connectivity index (χ0v) is 6.29. The SMILES string of the molecule is CC1N=C(C(F)(F)F)C(=O)S1. The molecule has 0 aliphatic carbocycles. The number of halogens is 3. The van der Waals surface area contributed by atoms with Crippen molar-refractivity contribution in [3.63, 3.8) is 0 Å². The van der Waals surface area contributed by atoms with Gasteiger partial charge in [-0.1, -0.05) is 11.8 Å². The average molecular weight is 183 g/mol. The second-order valence-electron chi connectivity index (χ2n) is 1.98. The van der Waals surface area contributed by atoms with Crippen LogP contribution in [-0.2, 0) is 4.79 Å². The highest BCUT2D eigenvalue weighted by molar-refractivity contribution is 8.16. The van der Waals surface area contributed by atoms with Gasteiger partial charge in [0.05, 0.1) is 0 Å². The van der Waals surface area contributed by atoms with Crippen LogP contribution in [0.1, 0.15) is 6.92 Å². The molecule has 0 radical (unpaired) electrons. The van der Waals surface area contributed by atoms with Crippen LogP contribution in [0.4, 0.5) is 13.2 Å². The van der Waals surface area contributed by atoms with E-state index in [4.69, 9.17) is 0 Å². The summed E-state index contributed by atoms with van der Waals surface area (Å²) in [4.78, 5) is 13.7. The number of hydrogen-bond acceptors (Lipinski definition) is 3. The number of aliphatic imine (C=N–C) groups is 1. The van der Waals surface area contributed by atoms with Crippen molar-refractivity contribution in [2.75, 3.05) is 0 Å². The van der Waals surface area contributed by atoms with Gasteiger partial charge in [-0.25, -0.2) is 0 Å². The Hall–Kier alpha value is -0.520. The first-order valence-corrected chi connectivity index (χ1v) is 3.65. The summed E-state index contributed by atoms with van der Waals surface area (Å²) in [5, 5.41) is -1.58. The van der Waals surface area contributed by atoms with Gasteiger partial charge >= 0.3 is 6.18 Å². The van der Waals surface area contributed by atoms with Crippen LogP contribution in [-0.4, -0.2) is 22.4 Å². The Morgan fingerprint density at radius 1 is 1.55 bits per heavy atom. The highest BCUT2D eigenvalue weighted by Gasteiger charge is 2.44. The van der Waals surface area contributed by atoms with Crippen molar-refractivity contribution in [2.24, 2.45) is 4.99 Å². The van der Waals surface area contributed by atoms with Crippen LogP contribution in [0.5, 0.6) is 0 Å². The van der Waals surface area contributed by atoms with Crippen molar-refractivity contribution in [3.8, 4) is 0 Å². The average Bonchev–Trinajstić information content (AvgIpc) is 2.08. The summed E-state index contributed by atoms with van der Waals surface area (Å²) in [5.74, 6) is 0. The largest absolute Gasteiger partial charge is 0.437 e. The lowest BCUT2D eigenvalue weighted by Gasteiger charge is -2.01. The molecular weight excluding hydrogens is 179 g/mol. The summed E-state index contributed by atoms with van der Waals surface area (Å²) in [6.07, 6.45) is -4.59. The molecule has 0 saturated carbocycles. The highest BCUT2D eigenvalue weighted by atomic mass is 32.2. The lowest BCUT2D eigenvalue weighted by atomic mass is 10.4. The van der Waals surface area contributed by atoms with Crippen LogP contribution < -0.4 is 0 Å². The van der Waals surface area contributed by atoms with E-state index in [2.05, 4.69) is 4.99 Å². The van der Waals surface area contributed by atoms with Crippen molar-refractivity contribution in [3.05, 3.63) is 0 Å². The third-order valence-electron chi connectivity index (χ3n) is 1.05. The maximum atomic E-state index is 11.8. The number of carbonyl (C=O) groups excluding carboxylic acids is 1. The first kappa shape index (κ1) is 8.58. The fourth-order valence-corrected chi connectivity index (χ4v) is 1.41. The molecule has 0 aromatic rings. The van der Waals surface area contributed by atoms with E-state index >= 15 is 0 Å². The molecule has 0 spiro atoms. The number of hydrogen-bond donors (Lipinski definition) is 0. The minimum atomic E-state index is -4.59. The number of nitrogens with zero attached hydrogens (tertiary/aromatic N) is 1.